The van der Waals surface area contributed by atoms with E-state index in [1.807, 2.05) is 0 Å². The van der Waals surface area contributed by atoms with E-state index in [4.69, 9.17) is 11.6 Å². The first kappa shape index (κ1) is 8.98. The molecule has 13 heavy (non-hydrogen) atoms. The molecule has 0 fully saturated rings. The van der Waals surface area contributed by atoms with Crippen LogP contribution in [-0.4, -0.2) is 10.8 Å². The monoisotopic (exact) mass is 180 g/mol. The summed E-state index contributed by atoms with van der Waals surface area (Å²) in [7, 11) is 0. The molecule has 6 nitrogen and oxygen atoms in total. The van der Waals surface area contributed by atoms with E-state index in [1.165, 1.54) is 12.1 Å². The van der Waals surface area contributed by atoms with E-state index in [0.29, 0.717) is 0 Å². The quantitative estimate of drug-likeness (QED) is 0.222. The normalized spacial score (nSPS) is 11.2. The molecule has 0 aromatic heterocycles. The number of para-hydroxylation sites is 1. The summed E-state index contributed by atoms with van der Waals surface area (Å²) in [4.78, 5) is 9.96. The van der Waals surface area contributed by atoms with Gasteiger partial charge in [0.1, 0.15) is 0 Å². The van der Waals surface area contributed by atoms with Crippen LogP contribution in [0.3, 0.4) is 0 Å². The van der Waals surface area contributed by atoms with Crippen LogP contribution in [0.5, 0.6) is 0 Å². The summed E-state index contributed by atoms with van der Waals surface area (Å²) in [6, 6.07) is 6.00. The number of benzene rings is 1. The summed E-state index contributed by atoms with van der Waals surface area (Å²) in [5.74, 6) is 4.86. The zero-order valence-electron chi connectivity index (χ0n) is 6.68. The summed E-state index contributed by atoms with van der Waals surface area (Å²) in [6.07, 6.45) is 0. The molecule has 0 unspecified atom stereocenters. The largest absolute Gasteiger partial charge is 0.382 e. The molecule has 0 atom stereocenters. The number of nitro benzene ring substituents is 1. The van der Waals surface area contributed by atoms with E-state index in [0.717, 1.165) is 0 Å². The van der Waals surface area contributed by atoms with Gasteiger partial charge in [-0.3, -0.25) is 10.1 Å². The highest BCUT2D eigenvalue weighted by Crippen LogP contribution is 2.16. The van der Waals surface area contributed by atoms with Gasteiger partial charge in [0.05, 0.1) is 10.5 Å². The van der Waals surface area contributed by atoms with Crippen LogP contribution in [0.1, 0.15) is 5.56 Å². The highest BCUT2D eigenvalue weighted by molar-refractivity contribution is 6.00. The lowest BCUT2D eigenvalue weighted by molar-refractivity contribution is -0.385. The molecule has 0 spiro atoms. The van der Waals surface area contributed by atoms with Gasteiger partial charge in [-0.25, -0.2) is 0 Å². The molecule has 68 valence electrons. The Morgan fingerprint density at radius 3 is 2.62 bits per heavy atom. The van der Waals surface area contributed by atoms with Crippen molar-refractivity contribution < 1.29 is 4.92 Å². The minimum Gasteiger partial charge on any atom is -0.382 e. The molecule has 0 saturated heterocycles. The maximum atomic E-state index is 10.5. The zero-order chi connectivity index (χ0) is 9.84. The molecule has 0 aliphatic heterocycles. The number of amidine groups is 1. The fourth-order valence-corrected chi connectivity index (χ4v) is 0.919. The molecule has 0 amide bonds. The average Bonchev–Trinajstić information content (AvgIpc) is 2.16. The molecule has 0 bridgehead atoms. The molecule has 4 N–H and O–H groups in total. The van der Waals surface area contributed by atoms with Crippen LogP contribution in [0, 0.1) is 10.1 Å². The first-order valence-corrected chi connectivity index (χ1v) is 3.44. The summed E-state index contributed by atoms with van der Waals surface area (Å²) in [5.41, 5.74) is 5.48. The molecule has 0 radical (unpaired) electrons. The van der Waals surface area contributed by atoms with Gasteiger partial charge in [0.2, 0.25) is 0 Å². The third kappa shape index (κ3) is 1.73. The van der Waals surface area contributed by atoms with Crippen LogP contribution in [-0.2, 0) is 0 Å². The molecule has 1 aromatic carbocycles. The van der Waals surface area contributed by atoms with E-state index in [9.17, 15) is 10.1 Å². The Hall–Kier alpha value is -2.11. The minimum absolute atomic E-state index is 0.0488. The maximum Gasteiger partial charge on any atom is 0.280 e. The Morgan fingerprint density at radius 1 is 1.46 bits per heavy atom. The van der Waals surface area contributed by atoms with E-state index < -0.39 is 4.92 Å². The standard InChI is InChI=1S/C7H8N4O2/c8-7(10-9)5-3-1-2-4-6(5)11(12)13/h1-4H,9H2,(H2,8,10). The van der Waals surface area contributed by atoms with E-state index in [2.05, 4.69) is 5.10 Å². The van der Waals surface area contributed by atoms with Gasteiger partial charge < -0.3 is 11.6 Å². The van der Waals surface area contributed by atoms with Crippen molar-refractivity contribution in [3.8, 4) is 0 Å². The average molecular weight is 180 g/mol. The second kappa shape index (κ2) is 3.53. The van der Waals surface area contributed by atoms with Crippen molar-refractivity contribution >= 4 is 11.5 Å². The Balaban J connectivity index is 3.28. The summed E-state index contributed by atoms with van der Waals surface area (Å²) >= 11 is 0. The van der Waals surface area contributed by atoms with E-state index in [1.54, 1.807) is 12.1 Å². The van der Waals surface area contributed by atoms with Crippen molar-refractivity contribution in [1.29, 1.82) is 0 Å². The number of nitrogens with zero attached hydrogens (tertiary/aromatic N) is 2. The van der Waals surface area contributed by atoms with Gasteiger partial charge in [0.15, 0.2) is 5.84 Å². The summed E-state index contributed by atoms with van der Waals surface area (Å²) < 4.78 is 0. The SMILES string of the molecule is N/N=C(\N)c1ccccc1[N+](=O)[O-]. The molecule has 6 heteroatoms. The Labute approximate surface area is 74.0 Å². The molecule has 0 heterocycles. The maximum absolute atomic E-state index is 10.5. The van der Waals surface area contributed by atoms with Gasteiger partial charge >= 0.3 is 0 Å². The predicted octanol–water partition coefficient (Wildman–Crippen LogP) is 0.174. The molecule has 1 aromatic rings. The van der Waals surface area contributed by atoms with Crippen LogP contribution < -0.4 is 11.6 Å². The van der Waals surface area contributed by atoms with Gasteiger partial charge in [0, 0.05) is 6.07 Å². The smallest absolute Gasteiger partial charge is 0.280 e. The fourth-order valence-electron chi connectivity index (χ4n) is 0.919. The van der Waals surface area contributed by atoms with Crippen molar-refractivity contribution in [3.05, 3.63) is 39.9 Å². The van der Waals surface area contributed by atoms with E-state index in [-0.39, 0.29) is 17.1 Å². The molecular formula is C7H8N4O2. The Kier molecular flexibility index (Phi) is 2.44. The number of hydrogen-bond acceptors (Lipinski definition) is 4. The number of nitro groups is 1. The van der Waals surface area contributed by atoms with Gasteiger partial charge in [-0.05, 0) is 6.07 Å². The molecule has 1 rings (SSSR count). The number of nitrogens with two attached hydrogens (primary N) is 2. The van der Waals surface area contributed by atoms with Gasteiger partial charge in [-0.1, -0.05) is 12.1 Å². The number of hydrogen-bond donors (Lipinski definition) is 2. The predicted molar refractivity (Wildman–Crippen MR) is 48.0 cm³/mol. The highest BCUT2D eigenvalue weighted by atomic mass is 16.6. The van der Waals surface area contributed by atoms with Crippen molar-refractivity contribution in [2.45, 2.75) is 0 Å². The van der Waals surface area contributed by atoms with Crippen LogP contribution in [0.15, 0.2) is 29.4 Å². The van der Waals surface area contributed by atoms with Crippen molar-refractivity contribution in [3.63, 3.8) is 0 Å². The summed E-state index contributed by atoms with van der Waals surface area (Å²) in [5, 5.41) is 13.7. The minimum atomic E-state index is -0.534. The third-order valence-corrected chi connectivity index (χ3v) is 1.52. The Morgan fingerprint density at radius 2 is 2.08 bits per heavy atom. The van der Waals surface area contributed by atoms with Crippen LogP contribution in [0.2, 0.25) is 0 Å². The van der Waals surface area contributed by atoms with Crippen LogP contribution in [0.4, 0.5) is 5.69 Å². The number of rotatable bonds is 2. The van der Waals surface area contributed by atoms with E-state index >= 15 is 0 Å². The van der Waals surface area contributed by atoms with Gasteiger partial charge in [-0.2, -0.15) is 5.10 Å². The highest BCUT2D eigenvalue weighted by Gasteiger charge is 2.14. The fraction of sp³-hybridized carbons (Fsp3) is 0. The van der Waals surface area contributed by atoms with Crippen molar-refractivity contribution in [2.24, 2.45) is 16.7 Å². The van der Waals surface area contributed by atoms with Crippen LogP contribution >= 0.6 is 0 Å². The molecular weight excluding hydrogens is 172 g/mol. The van der Waals surface area contributed by atoms with Gasteiger partial charge in [-0.15, -0.1) is 0 Å². The first-order chi connectivity index (χ1) is 6.16. The second-order valence-corrected chi connectivity index (χ2v) is 2.29. The second-order valence-electron chi connectivity index (χ2n) is 2.29. The van der Waals surface area contributed by atoms with Crippen LogP contribution in [0.25, 0.3) is 0 Å². The van der Waals surface area contributed by atoms with Gasteiger partial charge in [0.25, 0.3) is 5.69 Å². The molecule has 0 saturated carbocycles. The topological polar surface area (TPSA) is 108 Å². The Bertz CT molecular complexity index is 361. The van der Waals surface area contributed by atoms with Crippen molar-refractivity contribution in [2.75, 3.05) is 0 Å². The third-order valence-electron chi connectivity index (χ3n) is 1.52. The summed E-state index contributed by atoms with van der Waals surface area (Å²) in [6.45, 7) is 0. The lowest BCUT2D eigenvalue weighted by atomic mass is 10.1. The number of hydrazone groups is 1. The zero-order valence-corrected chi connectivity index (χ0v) is 6.68. The molecule has 0 aliphatic rings. The van der Waals surface area contributed by atoms with Crippen molar-refractivity contribution in [1.82, 2.24) is 0 Å². The first-order valence-electron chi connectivity index (χ1n) is 3.44. The lowest BCUT2D eigenvalue weighted by Gasteiger charge is -1.99. The molecule has 0 aliphatic carbocycles. The lowest BCUT2D eigenvalue weighted by Crippen LogP contribution is -2.17.